The Kier molecular flexibility index (Phi) is 8.76. The number of amides is 2. The lowest BCUT2D eigenvalue weighted by Gasteiger charge is -2.37. The first kappa shape index (κ1) is 29.8. The molecule has 4 heterocycles. The van der Waals surface area contributed by atoms with Crippen LogP contribution in [0.25, 0.3) is 0 Å². The smallest absolute Gasteiger partial charge is 0.410 e. The van der Waals surface area contributed by atoms with Crippen LogP contribution in [0.1, 0.15) is 37.7 Å². The molecule has 0 bridgehead atoms. The highest BCUT2D eigenvalue weighted by atomic mass is 16.7. The number of aromatic nitrogens is 2. The number of pyridine rings is 1. The van der Waals surface area contributed by atoms with Gasteiger partial charge in [-0.05, 0) is 44.9 Å². The zero-order chi connectivity index (χ0) is 30.6. The molecule has 5 rings (SSSR count). The second-order valence-corrected chi connectivity index (χ2v) is 11.1. The zero-order valence-corrected chi connectivity index (χ0v) is 25.0. The van der Waals surface area contributed by atoms with Gasteiger partial charge in [-0.1, -0.05) is 0 Å². The molecule has 1 fully saturated rings. The van der Waals surface area contributed by atoms with E-state index in [2.05, 4.69) is 25.7 Å². The van der Waals surface area contributed by atoms with E-state index in [4.69, 9.17) is 23.5 Å². The SMILES string of the molecule is COC1=CCC2=C(C=C1OC)NOCN(c1ncc(C(=O)Nc3cnccc3N3CCN(C(=O)OC(C)(C)C)CC3)o1)C2. The molecule has 2 amide bonds. The second kappa shape index (κ2) is 12.7. The van der Waals surface area contributed by atoms with Gasteiger partial charge in [0.2, 0.25) is 5.76 Å². The number of hydrogen-bond acceptors (Lipinski definition) is 12. The summed E-state index contributed by atoms with van der Waals surface area (Å²) >= 11 is 0. The summed E-state index contributed by atoms with van der Waals surface area (Å²) in [4.78, 5) is 45.4. The lowest BCUT2D eigenvalue weighted by Crippen LogP contribution is -2.50. The molecule has 1 aliphatic carbocycles. The van der Waals surface area contributed by atoms with Crippen LogP contribution in [0.2, 0.25) is 0 Å². The number of carbonyl (C=O) groups excluding carboxylic acids is 2. The van der Waals surface area contributed by atoms with Gasteiger partial charge in [0.05, 0.1) is 43.7 Å². The van der Waals surface area contributed by atoms with Crippen LogP contribution < -0.4 is 20.6 Å². The molecule has 0 unspecified atom stereocenters. The van der Waals surface area contributed by atoms with E-state index in [1.54, 1.807) is 36.4 Å². The van der Waals surface area contributed by atoms with E-state index in [0.29, 0.717) is 56.4 Å². The topological polar surface area (TPSA) is 144 Å². The summed E-state index contributed by atoms with van der Waals surface area (Å²) in [5.74, 6) is 0.768. The zero-order valence-electron chi connectivity index (χ0n) is 25.0. The number of nitrogens with zero attached hydrogens (tertiary/aromatic N) is 5. The maximum atomic E-state index is 13.2. The van der Waals surface area contributed by atoms with Crippen LogP contribution >= 0.6 is 0 Å². The van der Waals surface area contributed by atoms with Crippen molar-refractivity contribution >= 4 is 29.4 Å². The Bertz CT molecular complexity index is 1430. The average Bonchev–Trinajstić information content (AvgIpc) is 3.31. The van der Waals surface area contributed by atoms with Crippen LogP contribution in [0, 0.1) is 0 Å². The van der Waals surface area contributed by atoms with Crippen molar-refractivity contribution < 1.29 is 33.1 Å². The molecular weight excluding hydrogens is 558 g/mol. The van der Waals surface area contributed by atoms with Crippen molar-refractivity contribution in [3.05, 3.63) is 65.4 Å². The monoisotopic (exact) mass is 595 g/mol. The van der Waals surface area contributed by atoms with Gasteiger partial charge in [-0.3, -0.25) is 25.0 Å². The van der Waals surface area contributed by atoms with Gasteiger partial charge in [-0.2, -0.15) is 0 Å². The number of allylic oxidation sites excluding steroid dienone is 2. The Morgan fingerprint density at radius 3 is 2.53 bits per heavy atom. The highest BCUT2D eigenvalue weighted by molar-refractivity contribution is 6.04. The van der Waals surface area contributed by atoms with Crippen LogP contribution in [0.15, 0.2) is 64.0 Å². The van der Waals surface area contributed by atoms with E-state index >= 15 is 0 Å². The number of nitrogens with one attached hydrogen (secondary N) is 2. The number of carbonyl (C=O) groups is 2. The molecule has 3 aliphatic rings. The third kappa shape index (κ3) is 7.02. The van der Waals surface area contributed by atoms with Crippen molar-refractivity contribution in [2.24, 2.45) is 0 Å². The second-order valence-electron chi connectivity index (χ2n) is 11.1. The van der Waals surface area contributed by atoms with Crippen molar-refractivity contribution in [3.8, 4) is 0 Å². The average molecular weight is 596 g/mol. The maximum absolute atomic E-state index is 13.2. The largest absolute Gasteiger partial charge is 0.493 e. The number of methoxy groups -OCH3 is 2. The lowest BCUT2D eigenvalue weighted by atomic mass is 10.1. The first-order valence-corrected chi connectivity index (χ1v) is 13.9. The van der Waals surface area contributed by atoms with E-state index in [1.807, 2.05) is 39.0 Å². The van der Waals surface area contributed by atoms with Gasteiger partial charge in [0.15, 0.2) is 18.2 Å². The number of oxazole rings is 1. The van der Waals surface area contributed by atoms with Gasteiger partial charge < -0.3 is 33.7 Å². The summed E-state index contributed by atoms with van der Waals surface area (Å²) in [7, 11) is 3.17. The van der Waals surface area contributed by atoms with Crippen LogP contribution in [-0.4, -0.2) is 86.1 Å². The Hall–Kier alpha value is -4.72. The standard InChI is InChI=1S/C29H37N7O7/c1-29(2,3)43-28(38)35-12-10-34(11-13-35)22-8-9-30-15-21(22)32-26(37)25-16-31-27(42-25)36-17-19-6-7-23(39-4)24(40-5)14-20(19)33-41-18-36/h7-9,14-16,33H,6,10-13,17-18H2,1-5H3,(H,32,37). The Labute approximate surface area is 249 Å². The van der Waals surface area contributed by atoms with Crippen molar-refractivity contribution in [3.63, 3.8) is 0 Å². The number of anilines is 3. The van der Waals surface area contributed by atoms with Gasteiger partial charge in [-0.25, -0.2) is 9.78 Å². The number of piperazine rings is 1. The van der Waals surface area contributed by atoms with Gasteiger partial charge in [0.25, 0.3) is 11.9 Å². The third-order valence-electron chi connectivity index (χ3n) is 6.96. The Morgan fingerprint density at radius 2 is 1.81 bits per heavy atom. The minimum atomic E-state index is -0.555. The first-order chi connectivity index (χ1) is 20.6. The van der Waals surface area contributed by atoms with Crippen molar-refractivity contribution in [1.29, 1.82) is 0 Å². The molecule has 14 heteroatoms. The van der Waals surface area contributed by atoms with Crippen LogP contribution in [-0.2, 0) is 19.0 Å². The van der Waals surface area contributed by atoms with Crippen LogP contribution in [0.4, 0.5) is 22.2 Å². The van der Waals surface area contributed by atoms with E-state index in [0.717, 1.165) is 17.0 Å². The van der Waals surface area contributed by atoms with E-state index in [9.17, 15) is 9.59 Å². The van der Waals surface area contributed by atoms with Crippen molar-refractivity contribution in [2.45, 2.75) is 32.8 Å². The van der Waals surface area contributed by atoms with Crippen molar-refractivity contribution in [1.82, 2.24) is 20.3 Å². The first-order valence-electron chi connectivity index (χ1n) is 13.9. The molecular formula is C29H37N7O7. The molecule has 43 heavy (non-hydrogen) atoms. The molecule has 2 aliphatic heterocycles. The number of hydrogen-bond donors (Lipinski definition) is 2. The molecule has 1 saturated heterocycles. The Balaban J connectivity index is 1.24. The van der Waals surface area contributed by atoms with E-state index < -0.39 is 11.5 Å². The van der Waals surface area contributed by atoms with E-state index in [-0.39, 0.29) is 24.6 Å². The summed E-state index contributed by atoms with van der Waals surface area (Å²) in [6.45, 7) is 8.24. The van der Waals surface area contributed by atoms with Gasteiger partial charge >= 0.3 is 6.09 Å². The fourth-order valence-electron chi connectivity index (χ4n) is 4.83. The highest BCUT2D eigenvalue weighted by Crippen LogP contribution is 2.29. The summed E-state index contributed by atoms with van der Waals surface area (Å²) in [5.41, 5.74) is 5.46. The van der Waals surface area contributed by atoms with E-state index in [1.165, 1.54) is 6.20 Å². The molecule has 2 aromatic heterocycles. The van der Waals surface area contributed by atoms with Crippen LogP contribution in [0.3, 0.4) is 0 Å². The molecule has 230 valence electrons. The molecule has 2 aromatic rings. The molecule has 0 radical (unpaired) electrons. The molecule has 0 spiro atoms. The predicted molar refractivity (Wildman–Crippen MR) is 157 cm³/mol. The minimum Gasteiger partial charge on any atom is -0.493 e. The fourth-order valence-corrected chi connectivity index (χ4v) is 4.83. The maximum Gasteiger partial charge on any atom is 0.410 e. The van der Waals surface area contributed by atoms with Crippen LogP contribution in [0.5, 0.6) is 0 Å². The van der Waals surface area contributed by atoms with Gasteiger partial charge in [-0.15, -0.1) is 0 Å². The van der Waals surface area contributed by atoms with Gasteiger partial charge in [0, 0.05) is 45.0 Å². The quantitative estimate of drug-likeness (QED) is 0.505. The number of ether oxygens (including phenoxy) is 3. The summed E-state index contributed by atoms with van der Waals surface area (Å²) < 4.78 is 22.3. The lowest BCUT2D eigenvalue weighted by molar-refractivity contribution is 0.0240. The summed E-state index contributed by atoms with van der Waals surface area (Å²) in [5, 5.41) is 2.90. The molecule has 0 aromatic carbocycles. The summed E-state index contributed by atoms with van der Waals surface area (Å²) in [6, 6.07) is 2.07. The Morgan fingerprint density at radius 1 is 1.05 bits per heavy atom. The number of hydroxylamine groups is 1. The van der Waals surface area contributed by atoms with Crippen molar-refractivity contribution in [2.75, 3.05) is 68.8 Å². The summed E-state index contributed by atoms with van der Waals surface area (Å²) in [6.07, 6.45) is 8.63. The minimum absolute atomic E-state index is 0.0370. The predicted octanol–water partition coefficient (Wildman–Crippen LogP) is 3.40. The van der Waals surface area contributed by atoms with Gasteiger partial charge in [0.1, 0.15) is 5.60 Å². The fraction of sp³-hybridized carbons (Fsp3) is 0.448. The molecule has 14 nitrogen and oxygen atoms in total. The normalized spacial score (nSPS) is 17.6. The molecule has 0 saturated carbocycles. The highest BCUT2D eigenvalue weighted by Gasteiger charge is 2.28. The number of rotatable bonds is 6. The molecule has 0 atom stereocenters. The third-order valence-corrected chi connectivity index (χ3v) is 6.96. The molecule has 2 N–H and O–H groups in total.